The summed E-state index contributed by atoms with van der Waals surface area (Å²) in [6.45, 7) is 1.98. The summed E-state index contributed by atoms with van der Waals surface area (Å²) in [7, 11) is 0. The van der Waals surface area contributed by atoms with Gasteiger partial charge in [0.05, 0.1) is 15.8 Å². The highest BCUT2D eigenvalue weighted by atomic mass is 32.1. The van der Waals surface area contributed by atoms with Gasteiger partial charge in [-0.3, -0.25) is 4.79 Å². The molecule has 0 aliphatic rings. The molecule has 0 amide bonds. The van der Waals surface area contributed by atoms with E-state index < -0.39 is 0 Å². The van der Waals surface area contributed by atoms with E-state index in [1.807, 2.05) is 31.2 Å². The normalized spacial score (nSPS) is 11.0. The molecule has 0 saturated carbocycles. The van der Waals surface area contributed by atoms with Gasteiger partial charge in [-0.2, -0.15) is 0 Å². The zero-order valence-electron chi connectivity index (χ0n) is 9.68. The Kier molecular flexibility index (Phi) is 2.52. The van der Waals surface area contributed by atoms with E-state index in [4.69, 9.17) is 0 Å². The second kappa shape index (κ2) is 4.07. The number of nitrogens with zero attached hydrogens (tertiary/aromatic N) is 1. The summed E-state index contributed by atoms with van der Waals surface area (Å²) in [5.41, 5.74) is 1.73. The summed E-state index contributed by atoms with van der Waals surface area (Å²) in [4.78, 5) is 12.2. The van der Waals surface area contributed by atoms with Gasteiger partial charge in [-0.15, -0.1) is 0 Å². The molecule has 3 aromatic rings. The molecule has 3 rings (SSSR count). The zero-order valence-corrected chi connectivity index (χ0v) is 10.5. The lowest BCUT2D eigenvalue weighted by Gasteiger charge is -1.99. The molecule has 90 valence electrons. The highest BCUT2D eigenvalue weighted by Crippen LogP contribution is 2.22. The third kappa shape index (κ3) is 1.66. The Hall–Kier alpha value is -1.94. The molecule has 0 aliphatic carbocycles. The maximum absolute atomic E-state index is 13.6. The maximum Gasteiger partial charge on any atom is 0.273 e. The molecular weight excluding hydrogens is 249 g/mol. The standard InChI is InChI=1S/C14H10FNOS/c1-9-5-7-10(8-6-9)16-14(17)11-3-2-4-12(15)13(11)18-16/h2-8H,1H3. The van der Waals surface area contributed by atoms with Crippen LogP contribution in [0.5, 0.6) is 0 Å². The fourth-order valence-electron chi connectivity index (χ4n) is 1.86. The van der Waals surface area contributed by atoms with Crippen LogP contribution in [0.4, 0.5) is 4.39 Å². The van der Waals surface area contributed by atoms with E-state index in [0.29, 0.717) is 10.1 Å². The molecule has 1 aromatic heterocycles. The van der Waals surface area contributed by atoms with Gasteiger partial charge in [0.15, 0.2) is 0 Å². The summed E-state index contributed by atoms with van der Waals surface area (Å²) < 4.78 is 15.5. The molecule has 0 bridgehead atoms. The highest BCUT2D eigenvalue weighted by molar-refractivity contribution is 7.14. The summed E-state index contributed by atoms with van der Waals surface area (Å²) >= 11 is 1.14. The molecule has 0 spiro atoms. The van der Waals surface area contributed by atoms with Crippen molar-refractivity contribution in [2.45, 2.75) is 6.92 Å². The average molecular weight is 259 g/mol. The molecule has 0 aliphatic heterocycles. The minimum absolute atomic E-state index is 0.168. The lowest BCUT2D eigenvalue weighted by Crippen LogP contribution is -2.10. The van der Waals surface area contributed by atoms with Crippen LogP contribution in [0.25, 0.3) is 15.8 Å². The maximum atomic E-state index is 13.6. The predicted molar refractivity (Wildman–Crippen MR) is 72.1 cm³/mol. The quantitative estimate of drug-likeness (QED) is 0.655. The van der Waals surface area contributed by atoms with Crippen molar-refractivity contribution in [1.29, 1.82) is 0 Å². The first-order valence-electron chi connectivity index (χ1n) is 5.54. The Morgan fingerprint density at radius 1 is 1.11 bits per heavy atom. The molecule has 0 fully saturated rings. The van der Waals surface area contributed by atoms with Crippen molar-refractivity contribution < 1.29 is 4.39 Å². The van der Waals surface area contributed by atoms with Gasteiger partial charge in [0.2, 0.25) is 0 Å². The van der Waals surface area contributed by atoms with Crippen LogP contribution in [0.3, 0.4) is 0 Å². The molecule has 0 atom stereocenters. The van der Waals surface area contributed by atoms with Crippen molar-refractivity contribution in [3.05, 3.63) is 64.2 Å². The molecule has 4 heteroatoms. The summed E-state index contributed by atoms with van der Waals surface area (Å²) in [6.07, 6.45) is 0. The summed E-state index contributed by atoms with van der Waals surface area (Å²) in [5, 5.41) is 0.431. The molecule has 1 heterocycles. The molecule has 2 nitrogen and oxygen atoms in total. The van der Waals surface area contributed by atoms with Crippen molar-refractivity contribution in [3.8, 4) is 5.69 Å². The minimum atomic E-state index is -0.347. The fraction of sp³-hybridized carbons (Fsp3) is 0.0714. The predicted octanol–water partition coefficient (Wildman–Crippen LogP) is 3.50. The Balaban J connectivity index is 2.30. The van der Waals surface area contributed by atoms with Gasteiger partial charge in [-0.05, 0) is 42.7 Å². The topological polar surface area (TPSA) is 22.0 Å². The van der Waals surface area contributed by atoms with Crippen molar-refractivity contribution in [3.63, 3.8) is 0 Å². The van der Waals surface area contributed by atoms with Crippen LogP contribution < -0.4 is 5.56 Å². The van der Waals surface area contributed by atoms with Crippen molar-refractivity contribution in [2.75, 3.05) is 0 Å². The van der Waals surface area contributed by atoms with Crippen LogP contribution in [0.1, 0.15) is 5.56 Å². The van der Waals surface area contributed by atoms with Crippen LogP contribution in [0, 0.1) is 12.7 Å². The molecular formula is C14H10FNOS. The number of hydrogen-bond donors (Lipinski definition) is 0. The van der Waals surface area contributed by atoms with E-state index in [9.17, 15) is 9.18 Å². The number of fused-ring (bicyclic) bond motifs is 1. The largest absolute Gasteiger partial charge is 0.273 e. The summed E-state index contributed by atoms with van der Waals surface area (Å²) in [5.74, 6) is -0.347. The lowest BCUT2D eigenvalue weighted by atomic mass is 10.2. The Bertz CT molecular complexity index is 771. The Labute approximate surface area is 107 Å². The minimum Gasteiger partial charge on any atom is -0.267 e. The lowest BCUT2D eigenvalue weighted by molar-refractivity contribution is 0.641. The van der Waals surface area contributed by atoms with E-state index in [0.717, 1.165) is 22.8 Å². The van der Waals surface area contributed by atoms with Gasteiger partial charge in [-0.25, -0.2) is 8.35 Å². The Morgan fingerprint density at radius 3 is 2.50 bits per heavy atom. The third-order valence-electron chi connectivity index (χ3n) is 2.83. The van der Waals surface area contributed by atoms with Crippen LogP contribution in [-0.2, 0) is 0 Å². The number of halogens is 1. The van der Waals surface area contributed by atoms with Crippen LogP contribution >= 0.6 is 11.5 Å². The fourth-order valence-corrected chi connectivity index (χ4v) is 2.86. The monoisotopic (exact) mass is 259 g/mol. The molecule has 2 aromatic carbocycles. The van der Waals surface area contributed by atoms with E-state index in [2.05, 4.69) is 0 Å². The Morgan fingerprint density at radius 2 is 1.83 bits per heavy atom. The summed E-state index contributed by atoms with van der Waals surface area (Å²) in [6, 6.07) is 12.2. The van der Waals surface area contributed by atoms with Gasteiger partial charge >= 0.3 is 0 Å². The molecule has 0 N–H and O–H groups in total. The van der Waals surface area contributed by atoms with Crippen LogP contribution in [0.15, 0.2) is 47.3 Å². The van der Waals surface area contributed by atoms with Crippen molar-refractivity contribution >= 4 is 21.6 Å². The van der Waals surface area contributed by atoms with Gasteiger partial charge < -0.3 is 0 Å². The third-order valence-corrected chi connectivity index (χ3v) is 3.99. The second-order valence-corrected chi connectivity index (χ2v) is 5.10. The van der Waals surface area contributed by atoms with Crippen LogP contribution in [-0.4, -0.2) is 3.96 Å². The van der Waals surface area contributed by atoms with Crippen molar-refractivity contribution in [1.82, 2.24) is 3.96 Å². The van der Waals surface area contributed by atoms with Gasteiger partial charge in [-0.1, -0.05) is 23.8 Å². The average Bonchev–Trinajstić information content (AvgIpc) is 2.70. The van der Waals surface area contributed by atoms with E-state index in [1.165, 1.54) is 10.0 Å². The zero-order chi connectivity index (χ0) is 12.7. The number of benzene rings is 2. The first kappa shape index (κ1) is 11.2. The number of hydrogen-bond acceptors (Lipinski definition) is 2. The van der Waals surface area contributed by atoms with E-state index >= 15 is 0 Å². The van der Waals surface area contributed by atoms with Crippen molar-refractivity contribution in [2.24, 2.45) is 0 Å². The number of aryl methyl sites for hydroxylation is 1. The molecule has 18 heavy (non-hydrogen) atoms. The highest BCUT2D eigenvalue weighted by Gasteiger charge is 2.11. The molecule has 0 radical (unpaired) electrons. The number of aromatic nitrogens is 1. The van der Waals surface area contributed by atoms with E-state index in [-0.39, 0.29) is 11.4 Å². The van der Waals surface area contributed by atoms with Crippen LogP contribution in [0.2, 0.25) is 0 Å². The first-order chi connectivity index (χ1) is 8.66. The number of rotatable bonds is 1. The molecule has 0 saturated heterocycles. The smallest absolute Gasteiger partial charge is 0.267 e. The van der Waals surface area contributed by atoms with E-state index in [1.54, 1.807) is 12.1 Å². The SMILES string of the molecule is Cc1ccc(-n2sc3c(F)cccc3c2=O)cc1. The first-order valence-corrected chi connectivity index (χ1v) is 6.32. The van der Waals surface area contributed by atoms with Gasteiger partial charge in [0, 0.05) is 0 Å². The van der Waals surface area contributed by atoms with Gasteiger partial charge in [0.1, 0.15) is 5.82 Å². The second-order valence-electron chi connectivity index (χ2n) is 4.14. The molecule has 0 unspecified atom stereocenters. The van der Waals surface area contributed by atoms with Gasteiger partial charge in [0.25, 0.3) is 5.56 Å².